The predicted molar refractivity (Wildman–Crippen MR) is 155 cm³/mol. The quantitative estimate of drug-likeness (QED) is 0.392. The van der Waals surface area contributed by atoms with E-state index in [1.807, 2.05) is 36.4 Å². The summed E-state index contributed by atoms with van der Waals surface area (Å²) in [4.78, 5) is 24.4. The number of rotatable bonds is 10. The van der Waals surface area contributed by atoms with Crippen LogP contribution in [-0.4, -0.2) is 73.4 Å². The number of amides is 1. The molecule has 9 nitrogen and oxygen atoms in total. The molecule has 214 valence electrons. The first-order valence-electron chi connectivity index (χ1n) is 14.3. The van der Waals surface area contributed by atoms with Crippen LogP contribution in [0.3, 0.4) is 0 Å². The van der Waals surface area contributed by atoms with Gasteiger partial charge < -0.3 is 24.4 Å². The van der Waals surface area contributed by atoms with Crippen LogP contribution in [0.1, 0.15) is 59.4 Å². The van der Waals surface area contributed by atoms with Crippen molar-refractivity contribution >= 4 is 5.91 Å². The topological polar surface area (TPSA) is 110 Å². The van der Waals surface area contributed by atoms with Crippen LogP contribution in [0.25, 0.3) is 11.3 Å². The molecule has 0 aliphatic carbocycles. The molecule has 0 spiro atoms. The number of ether oxygens (including phenoxy) is 3. The molecule has 2 aliphatic heterocycles. The lowest BCUT2D eigenvalue weighted by Crippen LogP contribution is -2.32. The van der Waals surface area contributed by atoms with E-state index in [1.165, 1.54) is 12.8 Å². The Labute approximate surface area is 241 Å². The maximum atomic E-state index is 12.9. The molecule has 1 unspecified atom stereocenters. The Morgan fingerprint density at radius 1 is 1.15 bits per heavy atom. The average molecular weight is 556 g/mol. The molecule has 1 aromatic heterocycles. The van der Waals surface area contributed by atoms with Crippen molar-refractivity contribution in [2.45, 2.75) is 50.7 Å². The number of nitriles is 1. The average Bonchev–Trinajstić information content (AvgIpc) is 3.42. The van der Waals surface area contributed by atoms with E-state index in [1.54, 1.807) is 19.4 Å². The van der Waals surface area contributed by atoms with Crippen molar-refractivity contribution in [1.29, 1.82) is 5.26 Å². The largest absolute Gasteiger partial charge is 0.496 e. The second kappa shape index (κ2) is 13.6. The monoisotopic (exact) mass is 555 g/mol. The van der Waals surface area contributed by atoms with Crippen LogP contribution >= 0.6 is 0 Å². The molecule has 1 atom stereocenters. The summed E-state index contributed by atoms with van der Waals surface area (Å²) >= 11 is 0. The van der Waals surface area contributed by atoms with Gasteiger partial charge in [-0.1, -0.05) is 6.07 Å². The minimum atomic E-state index is -0.134. The van der Waals surface area contributed by atoms with Crippen molar-refractivity contribution in [3.05, 3.63) is 71.2 Å². The van der Waals surface area contributed by atoms with E-state index in [2.05, 4.69) is 28.3 Å². The number of hydrogen-bond acceptors (Lipinski definition) is 8. The number of likely N-dealkylation sites (tertiary alicyclic amines) is 1. The van der Waals surface area contributed by atoms with Gasteiger partial charge in [0, 0.05) is 43.6 Å². The molecule has 0 saturated carbocycles. The third-order valence-electron chi connectivity index (χ3n) is 7.87. The third kappa shape index (κ3) is 7.20. The van der Waals surface area contributed by atoms with Crippen molar-refractivity contribution < 1.29 is 19.0 Å². The summed E-state index contributed by atoms with van der Waals surface area (Å²) in [6, 6.07) is 15.8. The Morgan fingerprint density at radius 2 is 2.00 bits per heavy atom. The lowest BCUT2D eigenvalue weighted by atomic mass is 10.1. The van der Waals surface area contributed by atoms with Crippen molar-refractivity contribution in [3.63, 3.8) is 0 Å². The molecule has 5 rings (SSSR count). The maximum Gasteiger partial charge on any atom is 0.255 e. The molecule has 41 heavy (non-hydrogen) atoms. The number of nitrogens with one attached hydrogen (secondary N) is 1. The van der Waals surface area contributed by atoms with Crippen LogP contribution in [0.5, 0.6) is 11.5 Å². The summed E-state index contributed by atoms with van der Waals surface area (Å²) in [5.74, 6) is 1.60. The van der Waals surface area contributed by atoms with Crippen molar-refractivity contribution in [2.75, 3.05) is 40.5 Å². The molecule has 2 aromatic carbocycles. The van der Waals surface area contributed by atoms with Crippen LogP contribution in [-0.2, 0) is 11.2 Å². The van der Waals surface area contributed by atoms with E-state index in [0.29, 0.717) is 60.7 Å². The van der Waals surface area contributed by atoms with Gasteiger partial charge in [0.1, 0.15) is 29.5 Å². The van der Waals surface area contributed by atoms with Crippen LogP contribution in [0.15, 0.2) is 48.7 Å². The highest BCUT2D eigenvalue weighted by Gasteiger charge is 2.21. The fourth-order valence-electron chi connectivity index (χ4n) is 5.51. The normalized spacial score (nSPS) is 17.6. The summed E-state index contributed by atoms with van der Waals surface area (Å²) in [5.41, 5.74) is 3.46. The maximum absolute atomic E-state index is 12.9. The Morgan fingerprint density at radius 3 is 2.76 bits per heavy atom. The molecular formula is C32H37N5O4. The molecule has 2 aliphatic rings. The van der Waals surface area contributed by atoms with Crippen molar-refractivity contribution in [1.82, 2.24) is 20.2 Å². The summed E-state index contributed by atoms with van der Waals surface area (Å²) in [6.07, 6.45) is 7.22. The van der Waals surface area contributed by atoms with Gasteiger partial charge >= 0.3 is 0 Å². The fraction of sp³-hybridized carbons (Fsp3) is 0.438. The van der Waals surface area contributed by atoms with E-state index in [4.69, 9.17) is 19.2 Å². The number of aromatic nitrogens is 2. The molecular weight excluding hydrogens is 518 g/mol. The van der Waals surface area contributed by atoms with E-state index < -0.39 is 0 Å². The van der Waals surface area contributed by atoms with Gasteiger partial charge in [-0.05, 0) is 74.8 Å². The summed E-state index contributed by atoms with van der Waals surface area (Å²) < 4.78 is 17.1. The summed E-state index contributed by atoms with van der Waals surface area (Å²) in [5, 5.41) is 12.8. The van der Waals surface area contributed by atoms with E-state index in [0.717, 1.165) is 42.6 Å². The van der Waals surface area contributed by atoms with E-state index in [9.17, 15) is 10.1 Å². The van der Waals surface area contributed by atoms with Gasteiger partial charge in [-0.3, -0.25) is 4.79 Å². The number of carbonyl (C=O) groups excluding carboxylic acids is 1. The second-order valence-corrected chi connectivity index (χ2v) is 10.6. The van der Waals surface area contributed by atoms with Crippen LogP contribution in [0.4, 0.5) is 0 Å². The van der Waals surface area contributed by atoms with Gasteiger partial charge in [-0.25, -0.2) is 9.97 Å². The highest BCUT2D eigenvalue weighted by atomic mass is 16.5. The van der Waals surface area contributed by atoms with Gasteiger partial charge in [-0.2, -0.15) is 5.26 Å². The summed E-state index contributed by atoms with van der Waals surface area (Å²) in [6.45, 7) is 3.11. The molecule has 3 heterocycles. The molecule has 1 amide bonds. The zero-order valence-electron chi connectivity index (χ0n) is 23.8. The molecule has 2 saturated heterocycles. The second-order valence-electron chi connectivity index (χ2n) is 10.6. The van der Waals surface area contributed by atoms with Crippen LogP contribution in [0.2, 0.25) is 0 Å². The minimum Gasteiger partial charge on any atom is -0.496 e. The van der Waals surface area contributed by atoms with Crippen molar-refractivity contribution in [3.8, 4) is 28.8 Å². The zero-order chi connectivity index (χ0) is 28.6. The molecule has 9 heteroatoms. The van der Waals surface area contributed by atoms with Gasteiger partial charge in [0.15, 0.2) is 0 Å². The van der Waals surface area contributed by atoms with Crippen molar-refractivity contribution in [2.24, 2.45) is 0 Å². The highest BCUT2D eigenvalue weighted by molar-refractivity contribution is 5.97. The zero-order valence-corrected chi connectivity index (χ0v) is 23.8. The first kappa shape index (κ1) is 28.5. The molecule has 1 N–H and O–H groups in total. The number of hydrogen-bond donors (Lipinski definition) is 1. The third-order valence-corrected chi connectivity index (χ3v) is 7.87. The Balaban J connectivity index is 1.24. The number of benzene rings is 2. The van der Waals surface area contributed by atoms with Gasteiger partial charge in [0.2, 0.25) is 0 Å². The number of methoxy groups -OCH3 is 1. The Hall–Kier alpha value is -4.00. The minimum absolute atomic E-state index is 0.0562. The lowest BCUT2D eigenvalue weighted by molar-refractivity contribution is 0.0254. The molecule has 0 bridgehead atoms. The standard InChI is InChI=1S/C32H37N5O4/c1-37-15-3-4-25(37)9-13-35-32(38)27-7-5-22(18-30(27)39-2)19-31-34-14-10-28(36-31)23-6-8-29(24(20-23)21-33)41-26-11-16-40-17-12-26/h5-8,10,14,18,20,25-26H,3-4,9,11-13,15-17,19H2,1-2H3,(H,35,38). The predicted octanol–water partition coefficient (Wildman–Crippen LogP) is 4.39. The summed E-state index contributed by atoms with van der Waals surface area (Å²) in [7, 11) is 3.72. The Bertz CT molecular complexity index is 1400. The molecule has 3 aromatic rings. The first-order valence-corrected chi connectivity index (χ1v) is 14.3. The Kier molecular flexibility index (Phi) is 9.44. The smallest absolute Gasteiger partial charge is 0.255 e. The van der Waals surface area contributed by atoms with Gasteiger partial charge in [-0.15, -0.1) is 0 Å². The number of carbonyl (C=O) groups is 1. The molecule has 0 radical (unpaired) electrons. The van der Waals surface area contributed by atoms with Crippen LogP contribution in [0, 0.1) is 11.3 Å². The SMILES string of the molecule is COc1cc(Cc2nccc(-c3ccc(OC4CCOCC4)c(C#N)c3)n2)ccc1C(=O)NCCC1CCCN1C. The van der Waals surface area contributed by atoms with E-state index in [-0.39, 0.29) is 12.0 Å². The fourth-order valence-corrected chi connectivity index (χ4v) is 5.51. The first-order chi connectivity index (χ1) is 20.0. The van der Waals surface area contributed by atoms with Crippen LogP contribution < -0.4 is 14.8 Å². The van der Waals surface area contributed by atoms with E-state index >= 15 is 0 Å². The molecule has 2 fully saturated rings. The lowest BCUT2D eigenvalue weighted by Gasteiger charge is -2.23. The van der Waals surface area contributed by atoms with Gasteiger partial charge in [0.05, 0.1) is 37.1 Å². The number of nitrogens with zero attached hydrogens (tertiary/aromatic N) is 4. The van der Waals surface area contributed by atoms with Gasteiger partial charge in [0.25, 0.3) is 5.91 Å². The highest BCUT2D eigenvalue weighted by Crippen LogP contribution is 2.28.